The average Bonchev–Trinajstić information content (AvgIpc) is 2.79. The summed E-state index contributed by atoms with van der Waals surface area (Å²) in [6.07, 6.45) is -0.00611. The van der Waals surface area contributed by atoms with Crippen LogP contribution < -0.4 is 0 Å². The van der Waals surface area contributed by atoms with E-state index in [1.807, 2.05) is 6.92 Å². The van der Waals surface area contributed by atoms with Crippen LogP contribution in [0.15, 0.2) is 0 Å². The molecule has 0 aromatic heterocycles. The lowest BCUT2D eigenvalue weighted by molar-refractivity contribution is -0.150. The SMILES string of the molecule is CC(C)CN1CC(C(=O)N2CC(CO)OCC2C)CC1=O. The van der Waals surface area contributed by atoms with Crippen LogP contribution in [0.5, 0.6) is 0 Å². The number of nitrogens with zero attached hydrogens (tertiary/aromatic N) is 2. The monoisotopic (exact) mass is 298 g/mol. The van der Waals surface area contributed by atoms with E-state index in [2.05, 4.69) is 13.8 Å². The first kappa shape index (κ1) is 16.2. The number of aliphatic hydroxyl groups excluding tert-OH is 1. The zero-order valence-electron chi connectivity index (χ0n) is 13.1. The van der Waals surface area contributed by atoms with Crippen molar-refractivity contribution in [1.82, 2.24) is 9.80 Å². The van der Waals surface area contributed by atoms with Crippen LogP contribution in [-0.4, -0.2) is 71.7 Å². The van der Waals surface area contributed by atoms with Gasteiger partial charge in [-0.15, -0.1) is 0 Å². The lowest BCUT2D eigenvalue weighted by Crippen LogP contribution is -2.53. The standard InChI is InChI=1S/C15H26N2O4/c1-10(2)5-16-6-12(4-14(16)19)15(20)17-7-13(8-18)21-9-11(17)3/h10-13,18H,4-9H2,1-3H3. The number of hydrogen-bond acceptors (Lipinski definition) is 4. The molecule has 2 fully saturated rings. The minimum Gasteiger partial charge on any atom is -0.394 e. The van der Waals surface area contributed by atoms with Crippen LogP contribution in [0.4, 0.5) is 0 Å². The van der Waals surface area contributed by atoms with Crippen LogP contribution in [0.2, 0.25) is 0 Å². The number of likely N-dealkylation sites (tertiary alicyclic amines) is 1. The van der Waals surface area contributed by atoms with Gasteiger partial charge >= 0.3 is 0 Å². The van der Waals surface area contributed by atoms with E-state index in [0.717, 1.165) is 0 Å². The molecule has 3 unspecified atom stereocenters. The first-order chi connectivity index (χ1) is 9.92. The summed E-state index contributed by atoms with van der Waals surface area (Å²) in [5.74, 6) is 0.241. The van der Waals surface area contributed by atoms with Crippen LogP contribution in [-0.2, 0) is 14.3 Å². The molecule has 3 atom stereocenters. The lowest BCUT2D eigenvalue weighted by atomic mass is 10.0. The van der Waals surface area contributed by atoms with Gasteiger partial charge in [-0.25, -0.2) is 0 Å². The summed E-state index contributed by atoms with van der Waals surface area (Å²) >= 11 is 0. The van der Waals surface area contributed by atoms with Gasteiger partial charge in [0.15, 0.2) is 0 Å². The molecule has 0 bridgehead atoms. The summed E-state index contributed by atoms with van der Waals surface area (Å²) in [4.78, 5) is 28.2. The van der Waals surface area contributed by atoms with E-state index in [1.165, 1.54) is 0 Å². The van der Waals surface area contributed by atoms with Crippen molar-refractivity contribution in [2.45, 2.75) is 39.3 Å². The second-order valence-corrected chi connectivity index (χ2v) is 6.57. The first-order valence-electron chi connectivity index (χ1n) is 7.73. The molecule has 6 nitrogen and oxygen atoms in total. The average molecular weight is 298 g/mol. The van der Waals surface area contributed by atoms with Crippen molar-refractivity contribution in [3.63, 3.8) is 0 Å². The molecule has 0 spiro atoms. The fraction of sp³-hybridized carbons (Fsp3) is 0.867. The summed E-state index contributed by atoms with van der Waals surface area (Å²) in [6.45, 7) is 8.06. The Labute approximate surface area is 126 Å². The minimum atomic E-state index is -0.311. The van der Waals surface area contributed by atoms with E-state index in [0.29, 0.717) is 38.6 Å². The summed E-state index contributed by atoms with van der Waals surface area (Å²) < 4.78 is 5.46. The van der Waals surface area contributed by atoms with Gasteiger partial charge in [-0.3, -0.25) is 9.59 Å². The maximum Gasteiger partial charge on any atom is 0.228 e. The highest BCUT2D eigenvalue weighted by Crippen LogP contribution is 2.23. The summed E-state index contributed by atoms with van der Waals surface area (Å²) in [6, 6.07) is -0.00505. The van der Waals surface area contributed by atoms with Crippen LogP contribution in [0, 0.1) is 11.8 Å². The molecule has 0 aromatic rings. The molecule has 2 aliphatic heterocycles. The number of morpholine rings is 1. The van der Waals surface area contributed by atoms with Crippen LogP contribution in [0.1, 0.15) is 27.2 Å². The number of amides is 2. The summed E-state index contributed by atoms with van der Waals surface area (Å²) in [5.41, 5.74) is 0. The Morgan fingerprint density at radius 2 is 2.14 bits per heavy atom. The van der Waals surface area contributed by atoms with Crippen molar-refractivity contribution >= 4 is 11.8 Å². The van der Waals surface area contributed by atoms with Crippen molar-refractivity contribution in [3.05, 3.63) is 0 Å². The lowest BCUT2D eigenvalue weighted by Gasteiger charge is -2.38. The largest absolute Gasteiger partial charge is 0.394 e. The van der Waals surface area contributed by atoms with Crippen LogP contribution >= 0.6 is 0 Å². The number of rotatable bonds is 4. The number of carbonyl (C=O) groups is 2. The Morgan fingerprint density at radius 3 is 2.76 bits per heavy atom. The molecule has 2 rings (SSSR count). The molecule has 2 amide bonds. The highest BCUT2D eigenvalue weighted by molar-refractivity contribution is 5.89. The normalized spacial score (nSPS) is 30.3. The Bertz CT molecular complexity index is 399. The second kappa shape index (κ2) is 6.75. The molecule has 0 radical (unpaired) electrons. The Balaban J connectivity index is 1.98. The number of ether oxygens (including phenoxy) is 1. The fourth-order valence-electron chi connectivity index (χ4n) is 3.02. The van der Waals surface area contributed by atoms with E-state index in [1.54, 1.807) is 9.80 Å². The van der Waals surface area contributed by atoms with Crippen LogP contribution in [0.3, 0.4) is 0 Å². The van der Waals surface area contributed by atoms with Crippen molar-refractivity contribution < 1.29 is 19.4 Å². The van der Waals surface area contributed by atoms with E-state index in [4.69, 9.17) is 4.74 Å². The van der Waals surface area contributed by atoms with Gasteiger partial charge in [0, 0.05) is 26.1 Å². The highest BCUT2D eigenvalue weighted by Gasteiger charge is 2.39. The molecule has 0 aliphatic carbocycles. The second-order valence-electron chi connectivity index (χ2n) is 6.57. The zero-order valence-corrected chi connectivity index (χ0v) is 13.1. The van der Waals surface area contributed by atoms with Crippen LogP contribution in [0.25, 0.3) is 0 Å². The number of hydrogen-bond donors (Lipinski definition) is 1. The van der Waals surface area contributed by atoms with Gasteiger partial charge in [-0.05, 0) is 12.8 Å². The third kappa shape index (κ3) is 3.74. The van der Waals surface area contributed by atoms with Gasteiger partial charge in [0.05, 0.1) is 31.3 Å². The van der Waals surface area contributed by atoms with Gasteiger partial charge in [0.1, 0.15) is 0 Å². The molecule has 2 aliphatic rings. The predicted molar refractivity (Wildman–Crippen MR) is 77.5 cm³/mol. The molecule has 0 saturated carbocycles. The molecular weight excluding hydrogens is 272 g/mol. The third-order valence-corrected chi connectivity index (χ3v) is 4.14. The summed E-state index contributed by atoms with van der Waals surface area (Å²) in [5, 5.41) is 9.20. The van der Waals surface area contributed by atoms with Gasteiger partial charge in [-0.2, -0.15) is 0 Å². The highest BCUT2D eigenvalue weighted by atomic mass is 16.5. The zero-order chi connectivity index (χ0) is 15.6. The van der Waals surface area contributed by atoms with Crippen molar-refractivity contribution in [2.24, 2.45) is 11.8 Å². The van der Waals surface area contributed by atoms with Gasteiger partial charge < -0.3 is 19.6 Å². The molecule has 21 heavy (non-hydrogen) atoms. The van der Waals surface area contributed by atoms with Gasteiger partial charge in [0.2, 0.25) is 11.8 Å². The smallest absolute Gasteiger partial charge is 0.228 e. The first-order valence-corrected chi connectivity index (χ1v) is 7.73. The number of carbonyl (C=O) groups excluding carboxylic acids is 2. The quantitative estimate of drug-likeness (QED) is 0.799. The van der Waals surface area contributed by atoms with Gasteiger partial charge in [0.25, 0.3) is 0 Å². The Kier molecular flexibility index (Phi) is 5.22. The molecule has 2 heterocycles. The van der Waals surface area contributed by atoms with E-state index >= 15 is 0 Å². The Hall–Kier alpha value is -1.14. The molecule has 6 heteroatoms. The van der Waals surface area contributed by atoms with Crippen molar-refractivity contribution in [1.29, 1.82) is 0 Å². The molecular formula is C15H26N2O4. The van der Waals surface area contributed by atoms with Gasteiger partial charge in [-0.1, -0.05) is 13.8 Å². The Morgan fingerprint density at radius 1 is 1.43 bits per heavy atom. The maximum atomic E-state index is 12.7. The molecule has 0 aromatic carbocycles. The van der Waals surface area contributed by atoms with Crippen molar-refractivity contribution in [3.8, 4) is 0 Å². The third-order valence-electron chi connectivity index (χ3n) is 4.14. The topological polar surface area (TPSA) is 70.1 Å². The molecule has 1 N–H and O–H groups in total. The molecule has 2 saturated heterocycles. The molecule has 120 valence electrons. The number of aliphatic hydroxyl groups is 1. The minimum absolute atomic E-state index is 0.00505. The maximum absolute atomic E-state index is 12.7. The summed E-state index contributed by atoms with van der Waals surface area (Å²) in [7, 11) is 0. The van der Waals surface area contributed by atoms with E-state index < -0.39 is 0 Å². The van der Waals surface area contributed by atoms with E-state index in [9.17, 15) is 14.7 Å². The predicted octanol–water partition coefficient (Wildman–Crippen LogP) is 0.0991. The van der Waals surface area contributed by atoms with E-state index in [-0.39, 0.29) is 36.5 Å². The van der Waals surface area contributed by atoms with Crippen molar-refractivity contribution in [2.75, 3.05) is 32.8 Å². The fourth-order valence-corrected chi connectivity index (χ4v) is 3.02.